The van der Waals surface area contributed by atoms with Gasteiger partial charge >= 0.3 is 0 Å². The number of rotatable bonds is 2. The molecule has 2 atom stereocenters. The van der Waals surface area contributed by atoms with Gasteiger partial charge in [0.15, 0.2) is 0 Å². The van der Waals surface area contributed by atoms with E-state index in [9.17, 15) is 0 Å². The molecule has 3 heterocycles. The number of hydrogen-bond donors (Lipinski definition) is 0. The summed E-state index contributed by atoms with van der Waals surface area (Å²) >= 11 is 0. The standard InChI is InChI=1S/C40H31O3P3/c1-40(2,3)46-34-22-10-12-24(26-14-8-18-30-38(26)44-32-20-6-4-16-28(32)41-30)36(34)43-37-25(13-11-23-35(37)46)27-15-9-19-31-39(27)45-33-21-7-5-17-29(33)42-31/h4-23,44-45H,1-3H3. The van der Waals surface area contributed by atoms with Crippen LogP contribution in [0.15, 0.2) is 121 Å². The van der Waals surface area contributed by atoms with Gasteiger partial charge in [0.2, 0.25) is 0 Å². The molecule has 6 aromatic carbocycles. The molecule has 3 nitrogen and oxygen atoms in total. The molecule has 0 bridgehead atoms. The zero-order chi connectivity index (χ0) is 31.0. The van der Waals surface area contributed by atoms with Crippen molar-refractivity contribution in [1.82, 2.24) is 0 Å². The van der Waals surface area contributed by atoms with Gasteiger partial charge in [-0.3, -0.25) is 0 Å². The zero-order valence-corrected chi connectivity index (χ0v) is 28.6. The summed E-state index contributed by atoms with van der Waals surface area (Å²) in [6.45, 7) is 7.10. The molecular formula is C40H31O3P3. The maximum absolute atomic E-state index is 7.24. The van der Waals surface area contributed by atoms with Crippen LogP contribution in [-0.2, 0) is 0 Å². The van der Waals surface area contributed by atoms with Crippen LogP contribution in [0.4, 0.5) is 0 Å². The molecule has 0 saturated heterocycles. The van der Waals surface area contributed by atoms with Gasteiger partial charge in [-0.15, -0.1) is 0 Å². The predicted octanol–water partition coefficient (Wildman–Crippen LogP) is 8.83. The smallest absolute Gasteiger partial charge is 0.143 e. The molecule has 9 rings (SSSR count). The van der Waals surface area contributed by atoms with Crippen molar-refractivity contribution in [3.63, 3.8) is 0 Å². The fourth-order valence-electron chi connectivity index (χ4n) is 6.76. The highest BCUT2D eigenvalue weighted by Gasteiger charge is 2.38. The largest absolute Gasteiger partial charge is 0.456 e. The molecule has 46 heavy (non-hydrogen) atoms. The summed E-state index contributed by atoms with van der Waals surface area (Å²) in [5.74, 6) is 5.69. The van der Waals surface area contributed by atoms with Crippen LogP contribution >= 0.6 is 25.1 Å². The Labute approximate surface area is 274 Å². The van der Waals surface area contributed by atoms with Crippen molar-refractivity contribution < 1.29 is 14.2 Å². The first-order chi connectivity index (χ1) is 22.4. The Morgan fingerprint density at radius 2 is 0.848 bits per heavy atom. The highest BCUT2D eigenvalue weighted by Crippen LogP contribution is 2.58. The Kier molecular flexibility index (Phi) is 6.63. The summed E-state index contributed by atoms with van der Waals surface area (Å²) in [4.78, 5) is 0. The van der Waals surface area contributed by atoms with Crippen LogP contribution in [0, 0.1) is 0 Å². The van der Waals surface area contributed by atoms with Crippen LogP contribution < -0.4 is 46.0 Å². The fourth-order valence-corrected chi connectivity index (χ4v) is 12.3. The van der Waals surface area contributed by atoms with Crippen LogP contribution in [-0.4, -0.2) is 5.16 Å². The minimum absolute atomic E-state index is 0.0136. The van der Waals surface area contributed by atoms with Crippen molar-refractivity contribution in [2.45, 2.75) is 25.9 Å². The minimum atomic E-state index is -0.748. The molecule has 0 N–H and O–H groups in total. The molecule has 0 aliphatic carbocycles. The van der Waals surface area contributed by atoms with Crippen molar-refractivity contribution in [3.05, 3.63) is 121 Å². The van der Waals surface area contributed by atoms with Crippen molar-refractivity contribution in [1.29, 1.82) is 0 Å². The van der Waals surface area contributed by atoms with Crippen LogP contribution in [0.2, 0.25) is 0 Å². The van der Waals surface area contributed by atoms with Crippen molar-refractivity contribution in [2.75, 3.05) is 0 Å². The quantitative estimate of drug-likeness (QED) is 0.175. The minimum Gasteiger partial charge on any atom is -0.456 e. The average molecular weight is 653 g/mol. The number of benzene rings is 6. The Morgan fingerprint density at radius 3 is 1.33 bits per heavy atom. The van der Waals surface area contributed by atoms with E-state index in [2.05, 4.69) is 130 Å². The molecular weight excluding hydrogens is 621 g/mol. The monoisotopic (exact) mass is 652 g/mol. The Morgan fingerprint density at radius 1 is 0.435 bits per heavy atom. The van der Waals surface area contributed by atoms with E-state index >= 15 is 0 Å². The molecule has 0 amide bonds. The zero-order valence-electron chi connectivity index (χ0n) is 25.7. The van der Waals surface area contributed by atoms with Crippen LogP contribution in [0.1, 0.15) is 20.8 Å². The first-order valence-electron chi connectivity index (χ1n) is 15.5. The van der Waals surface area contributed by atoms with Crippen LogP contribution in [0.5, 0.6) is 34.5 Å². The third kappa shape index (κ3) is 4.52. The molecule has 0 fully saturated rings. The van der Waals surface area contributed by atoms with Gasteiger partial charge in [0.1, 0.15) is 34.5 Å². The Bertz CT molecular complexity index is 2050. The van der Waals surface area contributed by atoms with E-state index < -0.39 is 7.92 Å². The number of fused-ring (bicyclic) bond motifs is 6. The van der Waals surface area contributed by atoms with Gasteiger partial charge in [-0.2, -0.15) is 0 Å². The second kappa shape index (κ2) is 10.8. The first-order valence-corrected chi connectivity index (χ1v) is 18.9. The van der Waals surface area contributed by atoms with Gasteiger partial charge in [-0.05, 0) is 48.5 Å². The highest BCUT2D eigenvalue weighted by molar-refractivity contribution is 7.74. The number of ether oxygens (including phenoxy) is 3. The molecule has 0 saturated carbocycles. The van der Waals surface area contributed by atoms with Gasteiger partial charge < -0.3 is 14.2 Å². The van der Waals surface area contributed by atoms with Gasteiger partial charge in [0.25, 0.3) is 0 Å². The van der Waals surface area contributed by atoms with Crippen molar-refractivity contribution in [2.24, 2.45) is 0 Å². The topological polar surface area (TPSA) is 27.7 Å². The third-order valence-electron chi connectivity index (χ3n) is 8.71. The lowest BCUT2D eigenvalue weighted by atomic mass is 10.0. The van der Waals surface area contributed by atoms with E-state index in [1.807, 2.05) is 12.1 Å². The molecule has 2 unspecified atom stereocenters. The fraction of sp³-hybridized carbons (Fsp3) is 0.100. The third-order valence-corrected chi connectivity index (χ3v) is 14.6. The average Bonchev–Trinajstić information content (AvgIpc) is 3.07. The SMILES string of the molecule is CC(C)(C)P1c2cccc(-c3cccc4c3Pc3ccccc3O4)c2Oc2c(-c3cccc4c3Pc3ccccc3O4)cccc21. The van der Waals surface area contributed by atoms with Crippen molar-refractivity contribution >= 4 is 56.9 Å². The number of hydrogen-bond acceptors (Lipinski definition) is 3. The lowest BCUT2D eigenvalue weighted by Crippen LogP contribution is -2.32. The summed E-state index contributed by atoms with van der Waals surface area (Å²) < 4.78 is 20.1. The van der Waals surface area contributed by atoms with Gasteiger partial charge in [0, 0.05) is 43.0 Å². The maximum atomic E-state index is 7.24. The second-order valence-corrected chi connectivity index (χ2v) is 18.3. The molecule has 6 aromatic rings. The lowest BCUT2D eigenvalue weighted by Gasteiger charge is -2.39. The van der Waals surface area contributed by atoms with E-state index in [1.165, 1.54) is 43.0 Å². The van der Waals surface area contributed by atoms with Crippen LogP contribution in [0.3, 0.4) is 0 Å². The molecule has 0 spiro atoms. The van der Waals surface area contributed by atoms with Crippen LogP contribution in [0.25, 0.3) is 22.3 Å². The molecule has 224 valence electrons. The van der Waals surface area contributed by atoms with Gasteiger partial charge in [-0.1, -0.05) is 135 Å². The molecule has 0 aromatic heterocycles. The normalized spacial score (nSPS) is 16.5. The lowest BCUT2D eigenvalue weighted by molar-refractivity contribution is 0.487. The predicted molar refractivity (Wildman–Crippen MR) is 198 cm³/mol. The Balaban J connectivity index is 1.22. The van der Waals surface area contributed by atoms with E-state index in [4.69, 9.17) is 14.2 Å². The molecule has 0 radical (unpaired) electrons. The summed E-state index contributed by atoms with van der Waals surface area (Å²) in [5, 5.41) is 7.51. The van der Waals surface area contributed by atoms with Crippen molar-refractivity contribution in [3.8, 4) is 56.8 Å². The summed E-state index contributed by atoms with van der Waals surface area (Å²) in [5.41, 5.74) is 4.60. The van der Waals surface area contributed by atoms with E-state index in [1.54, 1.807) is 0 Å². The highest BCUT2D eigenvalue weighted by atomic mass is 31.1. The first kappa shape index (κ1) is 28.3. The van der Waals surface area contributed by atoms with E-state index in [0.29, 0.717) is 17.2 Å². The van der Waals surface area contributed by atoms with Gasteiger partial charge in [-0.25, -0.2) is 0 Å². The van der Waals surface area contributed by atoms with E-state index in [0.717, 1.165) is 45.6 Å². The molecule has 6 heteroatoms. The van der Waals surface area contributed by atoms with E-state index in [-0.39, 0.29) is 5.16 Å². The van der Waals surface area contributed by atoms with Gasteiger partial charge in [0.05, 0.1) is 0 Å². The number of para-hydroxylation sites is 4. The molecule has 3 aliphatic heterocycles. The summed E-state index contributed by atoms with van der Waals surface area (Å²) in [6, 6.07) is 43.0. The summed E-state index contributed by atoms with van der Waals surface area (Å²) in [6.07, 6.45) is 0. The Hall–Kier alpha value is -3.99. The maximum Gasteiger partial charge on any atom is 0.143 e. The summed E-state index contributed by atoms with van der Waals surface area (Å²) in [7, 11) is 0.258. The second-order valence-electron chi connectivity index (χ2n) is 12.7. The molecule has 3 aliphatic rings.